The lowest BCUT2D eigenvalue weighted by Crippen LogP contribution is -2.30. The second-order valence-corrected chi connectivity index (χ2v) is 22.7. The molecule has 12 heteroatoms. The highest BCUT2D eigenvalue weighted by atomic mass is 31.2. The number of aliphatic hydroxyl groups excluding tert-OH is 1. The summed E-state index contributed by atoms with van der Waals surface area (Å²) in [7, 11) is -4.75. The molecule has 0 spiro atoms. The molecule has 0 aromatic carbocycles. The molecular weight excluding hydrogens is 976 g/mol. The van der Waals surface area contributed by atoms with Crippen LogP contribution in [0.3, 0.4) is 0 Å². The summed E-state index contributed by atoms with van der Waals surface area (Å²) < 4.78 is 39.6. The van der Waals surface area contributed by atoms with Gasteiger partial charge < -0.3 is 24.2 Å². The number of hydrogen-bond acceptors (Lipinski definition) is 10. The van der Waals surface area contributed by atoms with Crippen LogP contribution >= 0.6 is 7.82 Å². The van der Waals surface area contributed by atoms with Crippen LogP contribution in [0.4, 0.5) is 0 Å². The van der Waals surface area contributed by atoms with Gasteiger partial charge in [0.1, 0.15) is 12.7 Å². The molecule has 0 amide bonds. The van der Waals surface area contributed by atoms with E-state index in [2.05, 4.69) is 69.4 Å². The molecule has 2 N–H and O–H groups in total. The van der Waals surface area contributed by atoms with E-state index in [1.165, 1.54) is 154 Å². The second kappa shape index (κ2) is 58.6. The fourth-order valence-corrected chi connectivity index (χ4v) is 9.78. The minimum Gasteiger partial charge on any atom is -0.462 e. The van der Waals surface area contributed by atoms with Crippen LogP contribution in [0, 0.1) is 0 Å². The van der Waals surface area contributed by atoms with Gasteiger partial charge in [0, 0.05) is 19.3 Å². The van der Waals surface area contributed by atoms with Crippen LogP contribution in [0.5, 0.6) is 0 Å². The maximum Gasteiger partial charge on any atom is 0.472 e. The second-order valence-electron chi connectivity index (χ2n) is 21.2. The van der Waals surface area contributed by atoms with E-state index < -0.39 is 57.8 Å². The van der Waals surface area contributed by atoms with Crippen molar-refractivity contribution in [3.8, 4) is 0 Å². The Hall–Kier alpha value is -2.56. The number of carbonyl (C=O) groups is 3. The summed E-state index contributed by atoms with van der Waals surface area (Å²) in [6, 6.07) is 0. The first kappa shape index (κ1) is 73.4. The highest BCUT2D eigenvalue weighted by molar-refractivity contribution is 7.47. The van der Waals surface area contributed by atoms with Gasteiger partial charge in [-0.25, -0.2) is 4.57 Å². The zero-order valence-electron chi connectivity index (χ0n) is 49.2. The molecule has 0 aliphatic carbocycles. The van der Waals surface area contributed by atoms with Crippen LogP contribution in [0.25, 0.3) is 0 Å². The average Bonchev–Trinajstić information content (AvgIpc) is 3.41. The highest BCUT2D eigenvalue weighted by Crippen LogP contribution is 2.43. The highest BCUT2D eigenvalue weighted by Gasteiger charge is 2.28. The lowest BCUT2D eigenvalue weighted by atomic mass is 10.0. The topological polar surface area (TPSA) is 155 Å². The Bertz CT molecular complexity index is 1460. The standard InChI is InChI=1S/C64H117O11P/c1-4-7-10-13-16-19-22-25-27-29-30-32-34-37-40-43-46-49-52-55-64(68)75-61(57-71-62(66)53-50-47-44-41-38-36-33-31-28-26-23-20-17-14-11-8-5-2)59-73-76(69,70)72-58-60(56-65)74-63(67)54-51-48-45-42-39-35-24-21-18-15-12-9-6-3/h8,11,17,20,26,28,33,36,60-61,65H,4-7,9-10,12-16,18-19,21-25,27,29-32,34-35,37-59H2,1-3H3,(H,69,70)/b11-8-,20-17-,28-26-,36-33-. The van der Waals surface area contributed by atoms with Crippen molar-refractivity contribution < 1.29 is 52.2 Å². The molecule has 0 fully saturated rings. The third-order valence-corrected chi connectivity index (χ3v) is 14.7. The number of carbonyl (C=O) groups excluding carboxylic acids is 3. The molecule has 3 atom stereocenters. The molecule has 0 saturated heterocycles. The van der Waals surface area contributed by atoms with Gasteiger partial charge in [-0.3, -0.25) is 23.4 Å². The van der Waals surface area contributed by atoms with E-state index in [0.717, 1.165) is 89.9 Å². The van der Waals surface area contributed by atoms with Gasteiger partial charge >= 0.3 is 25.7 Å². The summed E-state index contributed by atoms with van der Waals surface area (Å²) in [4.78, 5) is 48.7. The molecule has 0 rings (SSSR count). The van der Waals surface area contributed by atoms with E-state index in [-0.39, 0.29) is 25.9 Å². The van der Waals surface area contributed by atoms with E-state index in [1.54, 1.807) is 0 Å². The molecule has 0 heterocycles. The predicted molar refractivity (Wildman–Crippen MR) is 316 cm³/mol. The maximum atomic E-state index is 12.9. The molecule has 3 unspecified atom stereocenters. The molecule has 0 aromatic heterocycles. The van der Waals surface area contributed by atoms with E-state index >= 15 is 0 Å². The summed E-state index contributed by atoms with van der Waals surface area (Å²) in [6.45, 7) is 4.56. The predicted octanol–water partition coefficient (Wildman–Crippen LogP) is 18.9. The van der Waals surface area contributed by atoms with Crippen LogP contribution in [-0.2, 0) is 42.2 Å². The summed E-state index contributed by atoms with van der Waals surface area (Å²) in [6.07, 6.45) is 63.5. The lowest BCUT2D eigenvalue weighted by Gasteiger charge is -2.21. The van der Waals surface area contributed by atoms with Crippen molar-refractivity contribution in [1.29, 1.82) is 0 Å². The van der Waals surface area contributed by atoms with Gasteiger partial charge in [0.05, 0.1) is 19.8 Å². The Morgan fingerprint density at radius 3 is 1.05 bits per heavy atom. The van der Waals surface area contributed by atoms with Crippen LogP contribution in [-0.4, -0.2) is 66.5 Å². The number of esters is 3. The van der Waals surface area contributed by atoms with Crippen molar-refractivity contribution in [2.45, 2.75) is 315 Å². The summed E-state index contributed by atoms with van der Waals surface area (Å²) in [5.41, 5.74) is 0. The Labute approximate surface area is 466 Å². The van der Waals surface area contributed by atoms with Gasteiger partial charge in [0.25, 0.3) is 0 Å². The number of ether oxygens (including phenoxy) is 3. The van der Waals surface area contributed by atoms with Gasteiger partial charge in [-0.1, -0.05) is 275 Å². The smallest absolute Gasteiger partial charge is 0.462 e. The van der Waals surface area contributed by atoms with Crippen molar-refractivity contribution in [2.24, 2.45) is 0 Å². The van der Waals surface area contributed by atoms with Crippen molar-refractivity contribution in [1.82, 2.24) is 0 Å². The van der Waals surface area contributed by atoms with Crippen molar-refractivity contribution in [3.05, 3.63) is 48.6 Å². The Kier molecular flexibility index (Phi) is 56.6. The molecule has 0 aromatic rings. The van der Waals surface area contributed by atoms with Gasteiger partial charge in [-0.15, -0.1) is 0 Å². The lowest BCUT2D eigenvalue weighted by molar-refractivity contribution is -0.161. The Morgan fingerprint density at radius 1 is 0.382 bits per heavy atom. The SMILES string of the molecule is CC/C=C\C/C=C\C/C=C\C/C=C\CCCCCCC(=O)OCC(COP(=O)(O)OCC(CO)OC(=O)CCCCCCCCCCCCCCC)OC(=O)CCCCCCCCCCCCCCCCCCCCC. The number of rotatable bonds is 59. The molecule has 0 bridgehead atoms. The maximum absolute atomic E-state index is 12.9. The largest absolute Gasteiger partial charge is 0.472 e. The molecule has 0 radical (unpaired) electrons. The molecular formula is C64H117O11P. The fourth-order valence-electron chi connectivity index (χ4n) is 9.00. The number of aliphatic hydroxyl groups is 1. The van der Waals surface area contributed by atoms with E-state index in [9.17, 15) is 28.9 Å². The van der Waals surface area contributed by atoms with Crippen LogP contribution < -0.4 is 0 Å². The number of hydrogen-bond donors (Lipinski definition) is 2. The van der Waals surface area contributed by atoms with Crippen LogP contribution in [0.1, 0.15) is 303 Å². The van der Waals surface area contributed by atoms with Crippen molar-refractivity contribution in [3.63, 3.8) is 0 Å². The number of unbranched alkanes of at least 4 members (excludes halogenated alkanes) is 34. The number of allylic oxidation sites excluding steroid dienone is 8. The Balaban J connectivity index is 4.71. The van der Waals surface area contributed by atoms with E-state index in [1.807, 2.05) is 0 Å². The van der Waals surface area contributed by atoms with E-state index in [0.29, 0.717) is 19.3 Å². The minimum atomic E-state index is -4.75. The Morgan fingerprint density at radius 2 is 0.684 bits per heavy atom. The molecule has 0 saturated carbocycles. The van der Waals surface area contributed by atoms with Gasteiger partial charge in [0.2, 0.25) is 0 Å². The van der Waals surface area contributed by atoms with Crippen LogP contribution in [0.2, 0.25) is 0 Å². The zero-order valence-corrected chi connectivity index (χ0v) is 50.1. The third kappa shape index (κ3) is 56.2. The summed E-state index contributed by atoms with van der Waals surface area (Å²) in [5.74, 6) is -1.47. The normalized spacial score (nSPS) is 13.6. The van der Waals surface area contributed by atoms with Gasteiger partial charge in [-0.2, -0.15) is 0 Å². The zero-order chi connectivity index (χ0) is 55.5. The molecule has 76 heavy (non-hydrogen) atoms. The molecule has 444 valence electrons. The summed E-state index contributed by atoms with van der Waals surface area (Å²) >= 11 is 0. The van der Waals surface area contributed by atoms with Crippen LogP contribution in [0.15, 0.2) is 48.6 Å². The number of phosphoric acid groups is 1. The van der Waals surface area contributed by atoms with Gasteiger partial charge in [-0.05, 0) is 57.8 Å². The summed E-state index contributed by atoms with van der Waals surface area (Å²) in [5, 5.41) is 9.83. The fraction of sp³-hybridized carbons (Fsp3) is 0.828. The molecule has 0 aliphatic heterocycles. The van der Waals surface area contributed by atoms with Gasteiger partial charge in [0.15, 0.2) is 6.10 Å². The average molecular weight is 1090 g/mol. The quantitative estimate of drug-likeness (QED) is 0.0197. The first-order valence-electron chi connectivity index (χ1n) is 31.5. The van der Waals surface area contributed by atoms with Crippen molar-refractivity contribution in [2.75, 3.05) is 26.4 Å². The molecule has 0 aliphatic rings. The molecule has 11 nitrogen and oxygen atoms in total. The van der Waals surface area contributed by atoms with E-state index in [4.69, 9.17) is 23.3 Å². The minimum absolute atomic E-state index is 0.167. The third-order valence-electron chi connectivity index (χ3n) is 13.8. The monoisotopic (exact) mass is 1090 g/mol. The van der Waals surface area contributed by atoms with Crippen molar-refractivity contribution >= 4 is 25.7 Å². The number of phosphoric ester groups is 1. The first-order chi connectivity index (χ1) is 37.2. The first-order valence-corrected chi connectivity index (χ1v) is 33.0.